The van der Waals surface area contributed by atoms with E-state index in [1.54, 1.807) is 18.2 Å². The number of carbonyl (C=O) groups is 2. The number of piperazine rings is 1. The molecule has 2 amide bonds. The third kappa shape index (κ3) is 7.23. The van der Waals surface area contributed by atoms with E-state index in [0.717, 1.165) is 31.6 Å². The average Bonchev–Trinajstić information content (AvgIpc) is 2.89. The van der Waals surface area contributed by atoms with E-state index in [1.807, 2.05) is 42.2 Å². The van der Waals surface area contributed by atoms with Gasteiger partial charge in [0.1, 0.15) is 0 Å². The zero-order chi connectivity index (χ0) is 25.2. The van der Waals surface area contributed by atoms with Gasteiger partial charge in [0.15, 0.2) is 11.5 Å². The van der Waals surface area contributed by atoms with Crippen molar-refractivity contribution in [2.75, 3.05) is 60.6 Å². The molecule has 1 saturated heterocycles. The number of amides is 2. The highest BCUT2D eigenvalue weighted by Crippen LogP contribution is 2.38. The highest BCUT2D eigenvalue weighted by atomic mass is 16.5. The van der Waals surface area contributed by atoms with Crippen molar-refractivity contribution in [1.82, 2.24) is 15.1 Å². The van der Waals surface area contributed by atoms with Gasteiger partial charge in [0.2, 0.25) is 11.7 Å². The Hall–Kier alpha value is -3.52. The summed E-state index contributed by atoms with van der Waals surface area (Å²) in [5.74, 6) is 1.19. The summed E-state index contributed by atoms with van der Waals surface area (Å²) in [5, 5.41) is 2.95. The van der Waals surface area contributed by atoms with Gasteiger partial charge in [0, 0.05) is 44.4 Å². The molecule has 3 rings (SSSR count). The van der Waals surface area contributed by atoms with Gasteiger partial charge in [-0.2, -0.15) is 0 Å². The van der Waals surface area contributed by atoms with Gasteiger partial charge in [0.25, 0.3) is 5.91 Å². The van der Waals surface area contributed by atoms with Crippen LogP contribution in [0.5, 0.6) is 17.2 Å². The first kappa shape index (κ1) is 26.1. The van der Waals surface area contributed by atoms with Crippen LogP contribution in [-0.4, -0.2) is 82.2 Å². The minimum atomic E-state index is -0.194. The topological polar surface area (TPSA) is 80.3 Å². The monoisotopic (exact) mass is 481 g/mol. The van der Waals surface area contributed by atoms with Gasteiger partial charge in [-0.05, 0) is 43.7 Å². The predicted molar refractivity (Wildman–Crippen MR) is 136 cm³/mol. The van der Waals surface area contributed by atoms with Crippen LogP contribution < -0.4 is 19.5 Å². The summed E-state index contributed by atoms with van der Waals surface area (Å²) in [4.78, 5) is 29.3. The molecule has 1 heterocycles. The first-order valence-corrected chi connectivity index (χ1v) is 11.8. The summed E-state index contributed by atoms with van der Waals surface area (Å²) >= 11 is 0. The summed E-state index contributed by atoms with van der Waals surface area (Å²) in [7, 11) is 4.57. The van der Waals surface area contributed by atoms with E-state index in [1.165, 1.54) is 26.9 Å². The van der Waals surface area contributed by atoms with Crippen LogP contribution in [0.3, 0.4) is 0 Å². The summed E-state index contributed by atoms with van der Waals surface area (Å²) in [6, 6.07) is 11.4. The Morgan fingerprint density at radius 2 is 1.57 bits per heavy atom. The van der Waals surface area contributed by atoms with E-state index < -0.39 is 0 Å². The minimum absolute atomic E-state index is 0.0443. The fraction of sp³-hybridized carbons (Fsp3) is 0.407. The smallest absolute Gasteiger partial charge is 0.251 e. The van der Waals surface area contributed by atoms with Gasteiger partial charge in [-0.15, -0.1) is 0 Å². The van der Waals surface area contributed by atoms with E-state index in [9.17, 15) is 9.59 Å². The quantitative estimate of drug-likeness (QED) is 0.415. The van der Waals surface area contributed by atoms with Crippen molar-refractivity contribution in [3.05, 3.63) is 59.2 Å². The molecule has 0 saturated carbocycles. The standard InChI is InChI=1S/C27H35N3O5/c1-20-6-8-21(9-7-20)10-11-25(31)30-16-14-29(15-17-30)13-5-12-28-27(32)22-18-23(33-2)26(35-4)24(19-22)34-3/h6-11,18-19H,5,12-17H2,1-4H3,(H,28,32). The van der Waals surface area contributed by atoms with Gasteiger partial charge < -0.3 is 24.4 Å². The molecular weight excluding hydrogens is 446 g/mol. The molecule has 8 nitrogen and oxygen atoms in total. The first-order chi connectivity index (χ1) is 16.9. The normalized spacial score (nSPS) is 14.1. The number of carbonyl (C=O) groups excluding carboxylic acids is 2. The molecule has 1 aliphatic rings. The molecule has 0 radical (unpaired) electrons. The Morgan fingerprint density at radius 1 is 0.943 bits per heavy atom. The van der Waals surface area contributed by atoms with Crippen LogP contribution in [-0.2, 0) is 4.79 Å². The minimum Gasteiger partial charge on any atom is -0.493 e. The molecule has 8 heteroatoms. The van der Waals surface area contributed by atoms with Crippen LogP contribution >= 0.6 is 0 Å². The first-order valence-electron chi connectivity index (χ1n) is 11.8. The second kappa shape index (κ2) is 12.8. The highest BCUT2D eigenvalue weighted by Gasteiger charge is 2.20. The zero-order valence-corrected chi connectivity index (χ0v) is 21.0. The van der Waals surface area contributed by atoms with Crippen molar-refractivity contribution in [2.45, 2.75) is 13.3 Å². The van der Waals surface area contributed by atoms with Gasteiger partial charge in [-0.25, -0.2) is 0 Å². The second-order valence-corrected chi connectivity index (χ2v) is 8.43. The van der Waals surface area contributed by atoms with Gasteiger partial charge in [-0.3, -0.25) is 14.5 Å². The third-order valence-electron chi connectivity index (χ3n) is 6.04. The van der Waals surface area contributed by atoms with Crippen LogP contribution in [0, 0.1) is 6.92 Å². The van der Waals surface area contributed by atoms with Crippen molar-refractivity contribution < 1.29 is 23.8 Å². The molecule has 1 N–H and O–H groups in total. The number of hydrogen-bond donors (Lipinski definition) is 1. The fourth-order valence-electron chi connectivity index (χ4n) is 3.96. The molecule has 2 aromatic rings. The molecule has 0 aromatic heterocycles. The summed E-state index contributed by atoms with van der Waals surface area (Å²) in [6.07, 6.45) is 4.33. The lowest BCUT2D eigenvalue weighted by Gasteiger charge is -2.34. The number of benzene rings is 2. The van der Waals surface area contributed by atoms with E-state index in [-0.39, 0.29) is 11.8 Å². The molecule has 0 bridgehead atoms. The lowest BCUT2D eigenvalue weighted by atomic mass is 10.1. The molecule has 0 aliphatic carbocycles. The van der Waals surface area contributed by atoms with Crippen molar-refractivity contribution in [1.29, 1.82) is 0 Å². The van der Waals surface area contributed by atoms with Crippen molar-refractivity contribution >= 4 is 17.9 Å². The Labute approximate surface area is 207 Å². The van der Waals surface area contributed by atoms with Crippen LogP contribution in [0.1, 0.15) is 27.9 Å². The molecule has 2 aromatic carbocycles. The largest absolute Gasteiger partial charge is 0.493 e. The molecular formula is C27H35N3O5. The Bertz CT molecular complexity index is 1000. The Kier molecular flexibility index (Phi) is 9.55. The predicted octanol–water partition coefficient (Wildman–Crippen LogP) is 3.00. The number of nitrogens with one attached hydrogen (secondary N) is 1. The molecule has 188 valence electrons. The Morgan fingerprint density at radius 3 is 2.14 bits per heavy atom. The van der Waals surface area contributed by atoms with E-state index >= 15 is 0 Å². The number of rotatable bonds is 10. The van der Waals surface area contributed by atoms with Gasteiger partial charge in [-0.1, -0.05) is 29.8 Å². The van der Waals surface area contributed by atoms with Crippen LogP contribution in [0.25, 0.3) is 6.08 Å². The Balaban J connectivity index is 1.39. The number of nitrogens with zero attached hydrogens (tertiary/aromatic N) is 2. The van der Waals surface area contributed by atoms with Crippen molar-refractivity contribution in [3.8, 4) is 17.2 Å². The molecule has 0 unspecified atom stereocenters. The fourth-order valence-corrected chi connectivity index (χ4v) is 3.96. The maximum absolute atomic E-state index is 12.6. The molecule has 0 atom stereocenters. The lowest BCUT2D eigenvalue weighted by molar-refractivity contribution is -0.127. The average molecular weight is 482 g/mol. The second-order valence-electron chi connectivity index (χ2n) is 8.43. The van der Waals surface area contributed by atoms with E-state index in [4.69, 9.17) is 14.2 Å². The highest BCUT2D eigenvalue weighted by molar-refractivity contribution is 5.95. The maximum Gasteiger partial charge on any atom is 0.251 e. The number of ether oxygens (including phenoxy) is 3. The van der Waals surface area contributed by atoms with Crippen LogP contribution in [0.4, 0.5) is 0 Å². The van der Waals surface area contributed by atoms with Crippen molar-refractivity contribution in [3.63, 3.8) is 0 Å². The molecule has 0 spiro atoms. The maximum atomic E-state index is 12.6. The van der Waals surface area contributed by atoms with Crippen LogP contribution in [0.15, 0.2) is 42.5 Å². The van der Waals surface area contributed by atoms with Crippen LogP contribution in [0.2, 0.25) is 0 Å². The van der Waals surface area contributed by atoms with Gasteiger partial charge in [0.05, 0.1) is 21.3 Å². The SMILES string of the molecule is COc1cc(C(=O)NCCCN2CCN(C(=O)C=Cc3ccc(C)cc3)CC2)cc(OC)c1OC. The van der Waals surface area contributed by atoms with E-state index in [2.05, 4.69) is 10.2 Å². The summed E-state index contributed by atoms with van der Waals surface area (Å²) in [5.41, 5.74) is 2.67. The summed E-state index contributed by atoms with van der Waals surface area (Å²) < 4.78 is 15.9. The third-order valence-corrected chi connectivity index (χ3v) is 6.04. The number of aryl methyl sites for hydroxylation is 1. The van der Waals surface area contributed by atoms with E-state index in [0.29, 0.717) is 42.4 Å². The van der Waals surface area contributed by atoms with Crippen molar-refractivity contribution in [2.24, 2.45) is 0 Å². The molecule has 35 heavy (non-hydrogen) atoms. The molecule has 1 fully saturated rings. The zero-order valence-electron chi connectivity index (χ0n) is 21.0. The van der Waals surface area contributed by atoms with Gasteiger partial charge >= 0.3 is 0 Å². The number of methoxy groups -OCH3 is 3. The summed E-state index contributed by atoms with van der Waals surface area (Å²) in [6.45, 7) is 6.51. The molecule has 1 aliphatic heterocycles. The number of hydrogen-bond acceptors (Lipinski definition) is 6. The lowest BCUT2D eigenvalue weighted by Crippen LogP contribution is -2.48.